The molecule has 0 aliphatic rings. The van der Waals surface area contributed by atoms with Crippen molar-refractivity contribution in [2.45, 2.75) is 18.9 Å². The van der Waals surface area contributed by atoms with Crippen molar-refractivity contribution in [3.8, 4) is 0 Å². The zero-order chi connectivity index (χ0) is 11.4. The van der Waals surface area contributed by atoms with Crippen LogP contribution in [0.1, 0.15) is 13.3 Å². The van der Waals surface area contributed by atoms with E-state index in [1.165, 1.54) is 6.92 Å². The lowest BCUT2D eigenvalue weighted by molar-refractivity contribution is -0.145. The monoisotopic (exact) mass is 228 g/mol. The lowest BCUT2D eigenvalue weighted by atomic mass is 9.88. The fraction of sp³-hybridized carbons (Fsp3) is 0.625. The van der Waals surface area contributed by atoms with E-state index in [4.69, 9.17) is 5.11 Å². The van der Waals surface area contributed by atoms with Gasteiger partial charge in [-0.1, -0.05) is 17.8 Å². The van der Waals surface area contributed by atoms with Gasteiger partial charge in [-0.3, -0.25) is 4.79 Å². The summed E-state index contributed by atoms with van der Waals surface area (Å²) in [4.78, 5) is 10.6. The van der Waals surface area contributed by atoms with Gasteiger partial charge < -0.3 is 5.11 Å². The number of carboxylic acids is 1. The second-order valence-corrected chi connectivity index (χ2v) is 4.13. The Morgan fingerprint density at radius 3 is 2.36 bits per heavy atom. The first-order valence-electron chi connectivity index (χ1n) is 3.79. The van der Waals surface area contributed by atoms with E-state index >= 15 is 0 Å². The summed E-state index contributed by atoms with van der Waals surface area (Å²) in [7, 11) is 0. The molecular weight excluding hydrogens is 217 g/mol. The zero-order valence-electron chi connectivity index (χ0n) is 7.60. The lowest BCUT2D eigenvalue weighted by Crippen LogP contribution is -2.26. The molecule has 0 saturated heterocycles. The maximum absolute atomic E-state index is 11.7. The highest BCUT2D eigenvalue weighted by Crippen LogP contribution is 2.34. The van der Waals surface area contributed by atoms with Gasteiger partial charge in [0.2, 0.25) is 0 Å². The predicted molar refractivity (Wildman–Crippen MR) is 49.1 cm³/mol. The van der Waals surface area contributed by atoms with Gasteiger partial charge in [0.1, 0.15) is 0 Å². The first-order chi connectivity index (χ1) is 6.21. The Kier molecular flexibility index (Phi) is 4.51. The van der Waals surface area contributed by atoms with E-state index in [0.29, 0.717) is 0 Å². The molecule has 0 bridgehead atoms. The predicted octanol–water partition coefficient (Wildman–Crippen LogP) is 2.91. The number of carbonyl (C=O) groups is 1. The molecule has 6 heteroatoms. The van der Waals surface area contributed by atoms with Crippen LogP contribution < -0.4 is 0 Å². The molecule has 2 nitrogen and oxygen atoms in total. The summed E-state index contributed by atoms with van der Waals surface area (Å²) in [5, 5.41) is 8.70. The molecule has 0 aliphatic carbocycles. The van der Waals surface area contributed by atoms with Gasteiger partial charge in [-0.25, -0.2) is 0 Å². The lowest BCUT2D eigenvalue weighted by Gasteiger charge is -2.19. The normalized spacial score (nSPS) is 16.0. The number of aliphatic carboxylic acids is 1. The number of alkyl halides is 3. The molecule has 0 aromatic heterocycles. The average molecular weight is 228 g/mol. The van der Waals surface area contributed by atoms with Gasteiger partial charge in [0.15, 0.2) is 0 Å². The zero-order valence-corrected chi connectivity index (χ0v) is 8.41. The summed E-state index contributed by atoms with van der Waals surface area (Å²) in [6.45, 7) is 4.64. The van der Waals surface area contributed by atoms with E-state index in [2.05, 4.69) is 6.58 Å². The molecule has 0 saturated carbocycles. The summed E-state index contributed by atoms with van der Waals surface area (Å²) in [6.07, 6.45) is 1.07. The minimum atomic E-state index is -4.30. The smallest absolute Gasteiger partial charge is 0.441 e. The second kappa shape index (κ2) is 4.72. The second-order valence-electron chi connectivity index (χ2n) is 2.97. The van der Waals surface area contributed by atoms with Crippen LogP contribution in [0, 0.1) is 5.41 Å². The van der Waals surface area contributed by atoms with Crippen molar-refractivity contribution in [1.82, 2.24) is 0 Å². The largest absolute Gasteiger partial charge is 0.481 e. The third kappa shape index (κ3) is 4.55. The number of rotatable bonds is 5. The average Bonchev–Trinajstić information content (AvgIpc) is 2.01. The van der Waals surface area contributed by atoms with Crippen LogP contribution in [0.15, 0.2) is 12.7 Å². The Balaban J connectivity index is 4.10. The standard InChI is InChI=1S/C8H11F3O2S/c1-3-7(2,6(12)13)4-5-14-8(9,10)11/h3H,1,4-5H2,2H3,(H,12,13). The molecule has 14 heavy (non-hydrogen) atoms. The topological polar surface area (TPSA) is 37.3 Å². The number of thioether (sulfide) groups is 1. The fourth-order valence-corrected chi connectivity index (χ4v) is 1.43. The summed E-state index contributed by atoms with van der Waals surface area (Å²) in [5.74, 6) is -1.44. The Labute approximate surface area is 84.2 Å². The van der Waals surface area contributed by atoms with Crippen LogP contribution in [0.5, 0.6) is 0 Å². The fourth-order valence-electron chi connectivity index (χ4n) is 0.675. The number of hydrogen-bond acceptors (Lipinski definition) is 2. The van der Waals surface area contributed by atoms with E-state index in [9.17, 15) is 18.0 Å². The number of halogens is 3. The SMILES string of the molecule is C=CC(C)(CCSC(F)(F)F)C(=O)O. The summed E-state index contributed by atoms with van der Waals surface area (Å²) >= 11 is -0.218. The molecule has 0 rings (SSSR count). The van der Waals surface area contributed by atoms with Gasteiger partial charge in [0, 0.05) is 5.75 Å². The minimum absolute atomic E-state index is 0.0873. The van der Waals surface area contributed by atoms with Crippen LogP contribution in [0.4, 0.5) is 13.2 Å². The van der Waals surface area contributed by atoms with Crippen LogP contribution in [0.25, 0.3) is 0 Å². The highest BCUT2D eigenvalue weighted by molar-refractivity contribution is 8.00. The summed E-state index contributed by atoms with van der Waals surface area (Å²) in [5.41, 5.74) is -5.58. The van der Waals surface area contributed by atoms with Gasteiger partial charge in [-0.15, -0.1) is 6.58 Å². The summed E-state index contributed by atoms with van der Waals surface area (Å²) in [6, 6.07) is 0. The van der Waals surface area contributed by atoms with Crippen molar-refractivity contribution in [2.75, 3.05) is 5.75 Å². The molecule has 0 spiro atoms. The van der Waals surface area contributed by atoms with Gasteiger partial charge in [0.25, 0.3) is 0 Å². The van der Waals surface area contributed by atoms with Gasteiger partial charge in [-0.05, 0) is 13.3 Å². The van der Waals surface area contributed by atoms with Gasteiger partial charge in [0.05, 0.1) is 5.41 Å². The molecule has 0 aliphatic heterocycles. The highest BCUT2D eigenvalue weighted by Gasteiger charge is 2.33. The van der Waals surface area contributed by atoms with Crippen LogP contribution in [0.2, 0.25) is 0 Å². The quantitative estimate of drug-likeness (QED) is 0.735. The first-order valence-corrected chi connectivity index (χ1v) is 4.77. The third-order valence-corrected chi connectivity index (χ3v) is 2.56. The maximum atomic E-state index is 11.7. The maximum Gasteiger partial charge on any atom is 0.441 e. The molecule has 0 amide bonds. The van der Waals surface area contributed by atoms with E-state index < -0.39 is 16.9 Å². The minimum Gasteiger partial charge on any atom is -0.481 e. The molecule has 0 radical (unpaired) electrons. The van der Waals surface area contributed by atoms with Crippen LogP contribution >= 0.6 is 11.8 Å². The van der Waals surface area contributed by atoms with Crippen LogP contribution in [-0.4, -0.2) is 22.3 Å². The highest BCUT2D eigenvalue weighted by atomic mass is 32.2. The molecule has 0 fully saturated rings. The van der Waals surface area contributed by atoms with E-state index in [0.717, 1.165) is 6.08 Å². The van der Waals surface area contributed by atoms with E-state index in [-0.39, 0.29) is 23.9 Å². The molecule has 82 valence electrons. The Morgan fingerprint density at radius 2 is 2.07 bits per heavy atom. The Bertz CT molecular complexity index is 227. The van der Waals surface area contributed by atoms with Crippen molar-refractivity contribution in [3.05, 3.63) is 12.7 Å². The van der Waals surface area contributed by atoms with E-state index in [1.54, 1.807) is 0 Å². The van der Waals surface area contributed by atoms with Crippen molar-refractivity contribution in [3.63, 3.8) is 0 Å². The summed E-state index contributed by atoms with van der Waals surface area (Å²) < 4.78 is 35.2. The Hall–Kier alpha value is -0.650. The van der Waals surface area contributed by atoms with Gasteiger partial charge >= 0.3 is 11.5 Å². The third-order valence-electron chi connectivity index (χ3n) is 1.83. The molecular formula is C8H11F3O2S. The van der Waals surface area contributed by atoms with Crippen molar-refractivity contribution in [2.24, 2.45) is 5.41 Å². The van der Waals surface area contributed by atoms with Gasteiger partial charge in [-0.2, -0.15) is 13.2 Å². The molecule has 1 atom stereocenters. The molecule has 0 heterocycles. The van der Waals surface area contributed by atoms with Crippen LogP contribution in [-0.2, 0) is 4.79 Å². The first kappa shape index (κ1) is 13.4. The molecule has 1 unspecified atom stereocenters. The van der Waals surface area contributed by atoms with Crippen molar-refractivity contribution in [1.29, 1.82) is 0 Å². The Morgan fingerprint density at radius 1 is 1.57 bits per heavy atom. The molecule has 0 aromatic rings. The number of carboxylic acid groups (broad SMARTS) is 1. The molecule has 0 aromatic carbocycles. The number of hydrogen-bond donors (Lipinski definition) is 1. The van der Waals surface area contributed by atoms with Crippen LogP contribution in [0.3, 0.4) is 0 Å². The van der Waals surface area contributed by atoms with E-state index in [1.807, 2.05) is 0 Å². The molecule has 1 N–H and O–H groups in total. The van der Waals surface area contributed by atoms with Crippen molar-refractivity contribution >= 4 is 17.7 Å². The van der Waals surface area contributed by atoms with Crippen molar-refractivity contribution < 1.29 is 23.1 Å².